The monoisotopic (exact) mass is 630 g/mol. The van der Waals surface area contributed by atoms with Gasteiger partial charge in [0, 0.05) is 42.5 Å². The van der Waals surface area contributed by atoms with Crippen molar-refractivity contribution >= 4 is 27.6 Å². The fraction of sp³-hybridized carbons (Fsp3) is 0.324. The molecule has 0 saturated carbocycles. The SMILES string of the molecule is Cc1cccc(OCCCC(=O)N2CCCc3c(-c4cnn(Cc5ccc(C(=O)NCCS(=O)(=O)O)cc5)c4)cccc32)c1C. The largest absolute Gasteiger partial charge is 0.493 e. The lowest BCUT2D eigenvalue weighted by Gasteiger charge is -2.31. The molecule has 236 valence electrons. The number of rotatable bonds is 12. The van der Waals surface area contributed by atoms with E-state index in [0.717, 1.165) is 52.1 Å². The fourth-order valence-electron chi connectivity index (χ4n) is 5.51. The number of benzene rings is 3. The number of nitrogens with one attached hydrogen (secondary N) is 1. The van der Waals surface area contributed by atoms with E-state index in [1.807, 2.05) is 65.3 Å². The molecule has 0 radical (unpaired) electrons. The summed E-state index contributed by atoms with van der Waals surface area (Å²) in [5, 5.41) is 7.04. The van der Waals surface area contributed by atoms with Crippen molar-refractivity contribution < 1.29 is 27.3 Å². The van der Waals surface area contributed by atoms with E-state index in [1.54, 1.807) is 12.1 Å². The summed E-state index contributed by atoms with van der Waals surface area (Å²) in [5.74, 6) is 0.0103. The minimum absolute atomic E-state index is 0.101. The molecule has 0 bridgehead atoms. The van der Waals surface area contributed by atoms with E-state index < -0.39 is 21.8 Å². The first-order valence-corrected chi connectivity index (χ1v) is 16.7. The Balaban J connectivity index is 1.19. The Hall–Kier alpha value is -4.48. The highest BCUT2D eigenvalue weighted by atomic mass is 32.2. The van der Waals surface area contributed by atoms with Crippen LogP contribution in [0.25, 0.3) is 11.1 Å². The van der Waals surface area contributed by atoms with Gasteiger partial charge in [0.1, 0.15) is 5.75 Å². The molecular formula is C34H38N4O6S. The number of anilines is 1. The van der Waals surface area contributed by atoms with E-state index in [9.17, 15) is 18.0 Å². The third-order valence-corrected chi connectivity index (χ3v) is 8.77. The number of fused-ring (bicyclic) bond motifs is 1. The van der Waals surface area contributed by atoms with E-state index in [2.05, 4.69) is 29.5 Å². The zero-order valence-corrected chi connectivity index (χ0v) is 26.3. The number of hydrogen-bond donors (Lipinski definition) is 2. The first kappa shape index (κ1) is 31.9. The second-order valence-electron chi connectivity index (χ2n) is 11.3. The molecular weight excluding hydrogens is 592 g/mol. The molecule has 0 spiro atoms. The second-order valence-corrected chi connectivity index (χ2v) is 12.8. The number of aromatic nitrogens is 2. The smallest absolute Gasteiger partial charge is 0.266 e. The van der Waals surface area contributed by atoms with Crippen molar-refractivity contribution in [3.8, 4) is 16.9 Å². The van der Waals surface area contributed by atoms with E-state index in [1.165, 1.54) is 5.56 Å². The van der Waals surface area contributed by atoms with Gasteiger partial charge in [0.15, 0.2) is 0 Å². The summed E-state index contributed by atoms with van der Waals surface area (Å²) >= 11 is 0. The van der Waals surface area contributed by atoms with Crippen LogP contribution >= 0.6 is 0 Å². The number of nitrogens with zero attached hydrogens (tertiary/aromatic N) is 3. The molecule has 0 aliphatic carbocycles. The number of carbonyl (C=O) groups excluding carboxylic acids is 2. The molecule has 1 aliphatic rings. The number of amides is 2. The van der Waals surface area contributed by atoms with Gasteiger partial charge in [-0.05, 0) is 85.2 Å². The molecule has 11 heteroatoms. The van der Waals surface area contributed by atoms with Crippen LogP contribution in [0.15, 0.2) is 73.1 Å². The quantitative estimate of drug-likeness (QED) is 0.167. The summed E-state index contributed by atoms with van der Waals surface area (Å²) < 4.78 is 38.3. The molecule has 0 saturated heterocycles. The van der Waals surface area contributed by atoms with E-state index in [4.69, 9.17) is 9.29 Å². The molecule has 0 unspecified atom stereocenters. The molecule has 2 N–H and O–H groups in total. The third kappa shape index (κ3) is 8.17. The Morgan fingerprint density at radius 3 is 2.60 bits per heavy atom. The zero-order chi connectivity index (χ0) is 32.0. The number of aryl methyl sites for hydroxylation is 1. The molecule has 2 heterocycles. The van der Waals surface area contributed by atoms with Crippen LogP contribution < -0.4 is 15.0 Å². The van der Waals surface area contributed by atoms with Crippen LogP contribution in [-0.2, 0) is 27.9 Å². The minimum Gasteiger partial charge on any atom is -0.493 e. The topological polar surface area (TPSA) is 131 Å². The molecule has 45 heavy (non-hydrogen) atoms. The van der Waals surface area contributed by atoms with Crippen molar-refractivity contribution in [2.75, 3.05) is 30.3 Å². The van der Waals surface area contributed by atoms with Crippen LogP contribution in [0.2, 0.25) is 0 Å². The van der Waals surface area contributed by atoms with Crippen molar-refractivity contribution in [2.24, 2.45) is 0 Å². The Bertz CT molecular complexity index is 1780. The average molecular weight is 631 g/mol. The Morgan fingerprint density at radius 2 is 1.82 bits per heavy atom. The van der Waals surface area contributed by atoms with Gasteiger partial charge in [-0.25, -0.2) is 0 Å². The maximum atomic E-state index is 13.3. The van der Waals surface area contributed by atoms with Crippen LogP contribution in [0.1, 0.15) is 51.9 Å². The summed E-state index contributed by atoms with van der Waals surface area (Å²) in [6, 6.07) is 19.1. The summed E-state index contributed by atoms with van der Waals surface area (Å²) in [5.41, 5.74) is 7.77. The predicted octanol–water partition coefficient (Wildman–Crippen LogP) is 4.97. The van der Waals surface area contributed by atoms with Crippen LogP contribution in [0.5, 0.6) is 5.75 Å². The first-order valence-electron chi connectivity index (χ1n) is 15.1. The lowest BCUT2D eigenvalue weighted by molar-refractivity contribution is -0.118. The lowest BCUT2D eigenvalue weighted by atomic mass is 9.93. The van der Waals surface area contributed by atoms with Crippen LogP contribution in [0, 0.1) is 13.8 Å². The van der Waals surface area contributed by atoms with E-state index >= 15 is 0 Å². The predicted molar refractivity (Wildman–Crippen MR) is 173 cm³/mol. The van der Waals surface area contributed by atoms with Gasteiger partial charge in [-0.3, -0.25) is 18.8 Å². The summed E-state index contributed by atoms with van der Waals surface area (Å²) in [7, 11) is -4.13. The highest BCUT2D eigenvalue weighted by molar-refractivity contribution is 7.85. The minimum atomic E-state index is -4.13. The summed E-state index contributed by atoms with van der Waals surface area (Å²) in [6.45, 7) is 5.61. The lowest BCUT2D eigenvalue weighted by Crippen LogP contribution is -2.35. The normalized spacial score (nSPS) is 12.9. The van der Waals surface area contributed by atoms with Gasteiger partial charge in [-0.2, -0.15) is 13.5 Å². The molecule has 0 fully saturated rings. The number of carbonyl (C=O) groups is 2. The second kappa shape index (κ2) is 14.1. The third-order valence-electron chi connectivity index (χ3n) is 8.05. The maximum Gasteiger partial charge on any atom is 0.266 e. The molecule has 1 aliphatic heterocycles. The maximum absolute atomic E-state index is 13.3. The van der Waals surface area contributed by atoms with Gasteiger partial charge in [0.2, 0.25) is 5.91 Å². The summed E-state index contributed by atoms with van der Waals surface area (Å²) in [4.78, 5) is 27.5. The molecule has 10 nitrogen and oxygen atoms in total. The standard InChI is InChI=1S/C34H38N4O6S/c1-24-7-3-11-32(25(24)2)44-19-6-12-33(39)38-18-5-9-30-29(8-4-10-31(30)38)28-21-36-37(23-28)22-26-13-15-27(16-14-26)34(40)35-17-20-45(41,42)43/h3-4,7-8,10-11,13-16,21,23H,5-6,9,12,17-20,22H2,1-2H3,(H,35,40)(H,41,42,43). The van der Waals surface area contributed by atoms with Crippen molar-refractivity contribution in [1.82, 2.24) is 15.1 Å². The first-order chi connectivity index (χ1) is 21.6. The number of ether oxygens (including phenoxy) is 1. The van der Waals surface area contributed by atoms with Crippen molar-refractivity contribution in [1.29, 1.82) is 0 Å². The van der Waals surface area contributed by atoms with Crippen LogP contribution in [0.3, 0.4) is 0 Å². The van der Waals surface area contributed by atoms with E-state index in [0.29, 0.717) is 38.1 Å². The Labute approximate surface area is 263 Å². The molecule has 3 aromatic carbocycles. The van der Waals surface area contributed by atoms with Crippen molar-refractivity contribution in [3.05, 3.63) is 101 Å². The Kier molecular flexibility index (Phi) is 9.99. The van der Waals surface area contributed by atoms with Gasteiger partial charge in [0.25, 0.3) is 16.0 Å². The Morgan fingerprint density at radius 1 is 1.04 bits per heavy atom. The van der Waals surface area contributed by atoms with Crippen LogP contribution in [-0.4, -0.2) is 60.0 Å². The van der Waals surface area contributed by atoms with Crippen LogP contribution in [0.4, 0.5) is 5.69 Å². The highest BCUT2D eigenvalue weighted by Gasteiger charge is 2.25. The highest BCUT2D eigenvalue weighted by Crippen LogP contribution is 2.36. The molecule has 2 amide bonds. The van der Waals surface area contributed by atoms with Gasteiger partial charge in [0.05, 0.1) is 25.1 Å². The molecule has 5 rings (SSSR count). The van der Waals surface area contributed by atoms with Crippen molar-refractivity contribution in [2.45, 2.75) is 46.1 Å². The number of hydrogen-bond acceptors (Lipinski definition) is 6. The summed E-state index contributed by atoms with van der Waals surface area (Å²) in [6.07, 6.45) is 6.64. The molecule has 4 aromatic rings. The zero-order valence-electron chi connectivity index (χ0n) is 25.5. The van der Waals surface area contributed by atoms with Gasteiger partial charge >= 0.3 is 0 Å². The molecule has 1 aromatic heterocycles. The van der Waals surface area contributed by atoms with E-state index in [-0.39, 0.29) is 12.5 Å². The van der Waals surface area contributed by atoms with Gasteiger partial charge < -0.3 is 15.0 Å². The van der Waals surface area contributed by atoms with Gasteiger partial charge in [-0.15, -0.1) is 0 Å². The average Bonchev–Trinajstić information content (AvgIpc) is 3.48. The van der Waals surface area contributed by atoms with Gasteiger partial charge in [-0.1, -0.05) is 36.4 Å². The molecule has 0 atom stereocenters. The fourth-order valence-corrected chi connectivity index (χ4v) is 5.87. The van der Waals surface area contributed by atoms with Crippen molar-refractivity contribution in [3.63, 3.8) is 0 Å².